The highest BCUT2D eigenvalue weighted by Gasteiger charge is 2.19. The molecule has 26 heavy (non-hydrogen) atoms. The van der Waals surface area contributed by atoms with Crippen LogP contribution < -0.4 is 0 Å². The predicted molar refractivity (Wildman–Crippen MR) is 96.0 cm³/mol. The number of carbonyl (C=O) groups excluding carboxylic acids is 2. The largest absolute Gasteiger partial charge is 0.354 e. The van der Waals surface area contributed by atoms with Gasteiger partial charge in [-0.25, -0.2) is 0 Å². The lowest BCUT2D eigenvalue weighted by molar-refractivity contribution is -0.110. The summed E-state index contributed by atoms with van der Waals surface area (Å²) in [5.41, 5.74) is 0.952. The van der Waals surface area contributed by atoms with E-state index in [1.807, 2.05) is 0 Å². The van der Waals surface area contributed by atoms with Crippen molar-refractivity contribution in [2.45, 2.75) is 12.6 Å². The number of ether oxygens (including phenoxy) is 4. The number of rotatable bonds is 10. The molecule has 146 valence electrons. The van der Waals surface area contributed by atoms with Crippen LogP contribution in [0, 0.1) is 0 Å². The average Bonchev–Trinajstić information content (AvgIpc) is 2.68. The van der Waals surface area contributed by atoms with E-state index in [0.29, 0.717) is 24.2 Å². The van der Waals surface area contributed by atoms with Gasteiger partial charge in [0.2, 0.25) is 0 Å². The molecule has 0 radical (unpaired) electrons. The highest BCUT2D eigenvalue weighted by molar-refractivity contribution is 5.97. The third kappa shape index (κ3) is 6.06. The van der Waals surface area contributed by atoms with Gasteiger partial charge in [-0.15, -0.1) is 0 Å². The van der Waals surface area contributed by atoms with Gasteiger partial charge >= 0.3 is 0 Å². The number of nitrogens with zero attached hydrogens (tertiary/aromatic N) is 2. The van der Waals surface area contributed by atoms with Crippen molar-refractivity contribution >= 4 is 11.8 Å². The molecule has 0 aliphatic carbocycles. The maximum absolute atomic E-state index is 12.4. The Labute approximate surface area is 154 Å². The van der Waals surface area contributed by atoms with Gasteiger partial charge in [0.1, 0.15) is 0 Å². The normalized spacial score (nSPS) is 11.1. The lowest BCUT2D eigenvalue weighted by Crippen LogP contribution is -2.36. The first-order valence-corrected chi connectivity index (χ1v) is 8.10. The standard InChI is InChI=1S/C18H28N2O6/c1-19(11-15(23-3)24-4)17(21)13-7-9-14(10-8-13)18(22)20(2)12-16(25-5)26-6/h7-10,15-16H,11-12H2,1-6H3. The molecule has 2 amide bonds. The first kappa shape index (κ1) is 22.0. The van der Waals surface area contributed by atoms with E-state index in [0.717, 1.165) is 0 Å². The molecule has 1 rings (SSSR count). The minimum atomic E-state index is -0.493. The van der Waals surface area contributed by atoms with Crippen LogP contribution in [-0.4, -0.2) is 89.8 Å². The Morgan fingerprint density at radius 2 is 1.00 bits per heavy atom. The fraction of sp³-hybridized carbons (Fsp3) is 0.556. The Balaban J connectivity index is 2.75. The molecular weight excluding hydrogens is 340 g/mol. The summed E-state index contributed by atoms with van der Waals surface area (Å²) in [7, 11) is 9.39. The smallest absolute Gasteiger partial charge is 0.253 e. The van der Waals surface area contributed by atoms with Crippen LogP contribution in [0.4, 0.5) is 0 Å². The number of likely N-dealkylation sites (N-methyl/N-ethyl adjacent to an activating group) is 2. The van der Waals surface area contributed by atoms with Crippen LogP contribution in [0.5, 0.6) is 0 Å². The van der Waals surface area contributed by atoms with E-state index in [4.69, 9.17) is 18.9 Å². The molecular formula is C18H28N2O6. The van der Waals surface area contributed by atoms with E-state index in [1.165, 1.54) is 38.2 Å². The maximum Gasteiger partial charge on any atom is 0.253 e. The van der Waals surface area contributed by atoms with Crippen molar-refractivity contribution in [3.8, 4) is 0 Å². The lowest BCUT2D eigenvalue weighted by Gasteiger charge is -2.23. The Kier molecular flexibility index (Phi) is 9.22. The highest BCUT2D eigenvalue weighted by Crippen LogP contribution is 2.10. The fourth-order valence-corrected chi connectivity index (χ4v) is 2.30. The van der Waals surface area contributed by atoms with Crippen molar-refractivity contribution < 1.29 is 28.5 Å². The maximum atomic E-state index is 12.4. The molecule has 0 unspecified atom stereocenters. The molecule has 0 aliphatic heterocycles. The number of methoxy groups -OCH3 is 4. The van der Waals surface area contributed by atoms with E-state index in [1.54, 1.807) is 38.4 Å². The topological polar surface area (TPSA) is 77.5 Å². The van der Waals surface area contributed by atoms with Crippen molar-refractivity contribution in [1.82, 2.24) is 9.80 Å². The second-order valence-electron chi connectivity index (χ2n) is 5.75. The average molecular weight is 368 g/mol. The van der Waals surface area contributed by atoms with Gasteiger partial charge in [-0.2, -0.15) is 0 Å². The van der Waals surface area contributed by atoms with Gasteiger partial charge in [-0.3, -0.25) is 9.59 Å². The van der Waals surface area contributed by atoms with Crippen molar-refractivity contribution in [2.75, 3.05) is 55.6 Å². The summed E-state index contributed by atoms with van der Waals surface area (Å²) >= 11 is 0. The molecule has 0 saturated carbocycles. The number of hydrogen-bond acceptors (Lipinski definition) is 6. The SMILES string of the molecule is COC(CN(C)C(=O)c1ccc(C(=O)N(C)CC(OC)OC)cc1)OC. The fourth-order valence-electron chi connectivity index (χ4n) is 2.30. The molecule has 0 N–H and O–H groups in total. The third-order valence-corrected chi connectivity index (χ3v) is 3.97. The molecule has 0 saturated heterocycles. The highest BCUT2D eigenvalue weighted by atomic mass is 16.7. The van der Waals surface area contributed by atoms with Crippen LogP contribution in [0.25, 0.3) is 0 Å². The zero-order chi connectivity index (χ0) is 19.7. The quantitative estimate of drug-likeness (QED) is 0.575. The summed E-state index contributed by atoms with van der Waals surface area (Å²) < 4.78 is 20.4. The Morgan fingerprint density at radius 3 is 1.23 bits per heavy atom. The van der Waals surface area contributed by atoms with Crippen molar-refractivity contribution in [1.29, 1.82) is 0 Å². The van der Waals surface area contributed by atoms with E-state index < -0.39 is 12.6 Å². The number of benzene rings is 1. The number of carbonyl (C=O) groups is 2. The van der Waals surface area contributed by atoms with Crippen LogP contribution in [0.3, 0.4) is 0 Å². The second kappa shape index (κ2) is 10.9. The van der Waals surface area contributed by atoms with Crippen LogP contribution in [0.2, 0.25) is 0 Å². The zero-order valence-corrected chi connectivity index (χ0v) is 16.2. The number of hydrogen-bond donors (Lipinski definition) is 0. The summed E-state index contributed by atoms with van der Waals surface area (Å²) in [6.45, 7) is 0.593. The predicted octanol–water partition coefficient (Wildman–Crippen LogP) is 1.07. The Bertz CT molecular complexity index is 519. The Morgan fingerprint density at radius 1 is 0.731 bits per heavy atom. The molecule has 0 bridgehead atoms. The summed E-state index contributed by atoms with van der Waals surface area (Å²) in [6.07, 6.45) is -0.985. The van der Waals surface area contributed by atoms with E-state index >= 15 is 0 Å². The molecule has 0 atom stereocenters. The lowest BCUT2D eigenvalue weighted by atomic mass is 10.1. The summed E-state index contributed by atoms with van der Waals surface area (Å²) in [5, 5.41) is 0. The minimum Gasteiger partial charge on any atom is -0.354 e. The third-order valence-electron chi connectivity index (χ3n) is 3.97. The molecule has 1 aromatic rings. The molecule has 0 spiro atoms. The summed E-state index contributed by atoms with van der Waals surface area (Å²) in [4.78, 5) is 27.9. The molecule has 8 nitrogen and oxygen atoms in total. The van der Waals surface area contributed by atoms with Crippen LogP contribution in [-0.2, 0) is 18.9 Å². The molecule has 8 heteroatoms. The zero-order valence-electron chi connectivity index (χ0n) is 16.2. The van der Waals surface area contributed by atoms with Gasteiger partial charge < -0.3 is 28.7 Å². The monoisotopic (exact) mass is 368 g/mol. The van der Waals surface area contributed by atoms with Crippen molar-refractivity contribution in [3.05, 3.63) is 35.4 Å². The first-order chi connectivity index (χ1) is 12.4. The molecule has 0 aliphatic rings. The summed E-state index contributed by atoms with van der Waals surface area (Å²) in [6, 6.07) is 6.49. The van der Waals surface area contributed by atoms with Gasteiger partial charge in [-0.05, 0) is 24.3 Å². The van der Waals surface area contributed by atoms with Crippen molar-refractivity contribution in [2.24, 2.45) is 0 Å². The molecule has 0 fully saturated rings. The van der Waals surface area contributed by atoms with Crippen molar-refractivity contribution in [3.63, 3.8) is 0 Å². The van der Waals surface area contributed by atoms with Gasteiger partial charge in [0.25, 0.3) is 11.8 Å². The van der Waals surface area contributed by atoms with Gasteiger partial charge in [0, 0.05) is 53.7 Å². The molecule has 1 aromatic carbocycles. The van der Waals surface area contributed by atoms with E-state index in [2.05, 4.69) is 0 Å². The Hall–Kier alpha value is -2.00. The number of amides is 2. The minimum absolute atomic E-state index is 0.185. The molecule has 0 heterocycles. The second-order valence-corrected chi connectivity index (χ2v) is 5.75. The summed E-state index contributed by atoms with van der Waals surface area (Å²) in [5.74, 6) is -0.370. The molecule has 0 aromatic heterocycles. The first-order valence-electron chi connectivity index (χ1n) is 8.10. The van der Waals surface area contributed by atoms with Crippen LogP contribution >= 0.6 is 0 Å². The van der Waals surface area contributed by atoms with Gasteiger partial charge in [0.05, 0.1) is 13.1 Å². The van der Waals surface area contributed by atoms with Crippen LogP contribution in [0.1, 0.15) is 20.7 Å². The van der Waals surface area contributed by atoms with Gasteiger partial charge in [0.15, 0.2) is 12.6 Å². The van der Waals surface area contributed by atoms with E-state index in [-0.39, 0.29) is 11.8 Å². The van der Waals surface area contributed by atoms with Crippen LogP contribution in [0.15, 0.2) is 24.3 Å². The van der Waals surface area contributed by atoms with E-state index in [9.17, 15) is 9.59 Å². The van der Waals surface area contributed by atoms with Gasteiger partial charge in [-0.1, -0.05) is 0 Å².